The van der Waals surface area contributed by atoms with Crippen LogP contribution in [-0.2, 0) is 0 Å². The van der Waals surface area contributed by atoms with Crippen LogP contribution in [0.3, 0.4) is 0 Å². The Balaban J connectivity index is 2.48. The van der Waals surface area contributed by atoms with E-state index in [0.29, 0.717) is 6.42 Å². The van der Waals surface area contributed by atoms with Gasteiger partial charge in [0.15, 0.2) is 0 Å². The lowest BCUT2D eigenvalue weighted by atomic mass is 10.1. The third-order valence-electron chi connectivity index (χ3n) is 2.69. The van der Waals surface area contributed by atoms with E-state index < -0.39 is 0 Å². The highest BCUT2D eigenvalue weighted by atomic mass is 16.6. The summed E-state index contributed by atoms with van der Waals surface area (Å²) in [6.07, 6.45) is 4.77. The molecule has 0 aliphatic heterocycles. The molecule has 0 saturated heterocycles. The van der Waals surface area contributed by atoms with E-state index in [9.17, 15) is 10.1 Å². The number of aromatic nitrogens is 1. The van der Waals surface area contributed by atoms with Crippen molar-refractivity contribution in [2.24, 2.45) is 0 Å². The molecule has 0 atom stereocenters. The first kappa shape index (κ1) is 11.4. The van der Waals surface area contributed by atoms with Crippen molar-refractivity contribution in [1.29, 1.82) is 0 Å². The summed E-state index contributed by atoms with van der Waals surface area (Å²) in [5.74, 6) is 0. The number of benzene rings is 1. The van der Waals surface area contributed by atoms with Crippen LogP contribution in [0, 0.1) is 10.1 Å². The maximum Gasteiger partial charge on any atom is 0.246 e. The molecule has 1 aromatic heterocycles. The lowest BCUT2D eigenvalue weighted by molar-refractivity contribution is -0.426. The van der Waals surface area contributed by atoms with Gasteiger partial charge in [-0.05, 0) is 24.1 Å². The zero-order chi connectivity index (χ0) is 12.3. The van der Waals surface area contributed by atoms with Gasteiger partial charge in [-0.15, -0.1) is 0 Å². The van der Waals surface area contributed by atoms with Gasteiger partial charge >= 0.3 is 0 Å². The average molecular weight is 230 g/mol. The monoisotopic (exact) mass is 230 g/mol. The summed E-state index contributed by atoms with van der Waals surface area (Å²) in [4.78, 5) is 13.7. The first-order valence-corrected chi connectivity index (χ1v) is 5.63. The largest absolute Gasteiger partial charge is 0.361 e. The molecule has 4 nitrogen and oxygen atoms in total. The van der Waals surface area contributed by atoms with Crippen molar-refractivity contribution in [2.75, 3.05) is 0 Å². The van der Waals surface area contributed by atoms with E-state index in [2.05, 4.69) is 4.98 Å². The number of rotatable bonds is 4. The molecule has 17 heavy (non-hydrogen) atoms. The van der Waals surface area contributed by atoms with Crippen LogP contribution in [-0.4, -0.2) is 9.91 Å². The molecule has 0 saturated carbocycles. The molecule has 2 rings (SSSR count). The molecule has 2 aromatic rings. The van der Waals surface area contributed by atoms with Crippen LogP contribution in [0.1, 0.15) is 25.3 Å². The number of aromatic amines is 1. The number of allylic oxidation sites excluding steroid dienone is 1. The molecule has 4 heteroatoms. The Kier molecular flexibility index (Phi) is 3.23. The molecule has 88 valence electrons. The van der Waals surface area contributed by atoms with Gasteiger partial charge in [-0.2, -0.15) is 0 Å². The summed E-state index contributed by atoms with van der Waals surface area (Å²) in [5.41, 5.74) is 2.16. The third-order valence-corrected chi connectivity index (χ3v) is 2.69. The van der Waals surface area contributed by atoms with Gasteiger partial charge in [0.25, 0.3) is 0 Å². The van der Waals surface area contributed by atoms with Crippen molar-refractivity contribution < 1.29 is 4.92 Å². The predicted molar refractivity (Wildman–Crippen MR) is 68.2 cm³/mol. The summed E-state index contributed by atoms with van der Waals surface area (Å²) < 4.78 is 0. The highest BCUT2D eigenvalue weighted by Crippen LogP contribution is 2.21. The van der Waals surface area contributed by atoms with Gasteiger partial charge in [-0.3, -0.25) is 10.1 Å². The van der Waals surface area contributed by atoms with E-state index >= 15 is 0 Å². The van der Waals surface area contributed by atoms with Gasteiger partial charge in [0.1, 0.15) is 0 Å². The number of hydrogen-bond donors (Lipinski definition) is 1. The van der Waals surface area contributed by atoms with Crippen LogP contribution in [0.25, 0.3) is 17.0 Å². The van der Waals surface area contributed by atoms with Crippen molar-refractivity contribution in [3.8, 4) is 0 Å². The second-order valence-corrected chi connectivity index (χ2v) is 3.93. The summed E-state index contributed by atoms with van der Waals surface area (Å²) in [5, 5.41) is 11.9. The van der Waals surface area contributed by atoms with Crippen LogP contribution in [0.5, 0.6) is 0 Å². The first-order chi connectivity index (χ1) is 8.22. The molecule has 0 fully saturated rings. The smallest absolute Gasteiger partial charge is 0.246 e. The topological polar surface area (TPSA) is 58.9 Å². The lowest BCUT2D eigenvalue weighted by Gasteiger charge is -1.99. The van der Waals surface area contributed by atoms with Crippen molar-refractivity contribution in [1.82, 2.24) is 4.98 Å². The molecular weight excluding hydrogens is 216 g/mol. The van der Waals surface area contributed by atoms with Gasteiger partial charge in [-0.25, -0.2) is 0 Å². The predicted octanol–water partition coefficient (Wildman–Crippen LogP) is 3.59. The maximum absolute atomic E-state index is 10.9. The molecule has 1 aromatic carbocycles. The fourth-order valence-electron chi connectivity index (χ4n) is 1.89. The molecule has 0 aliphatic rings. The van der Waals surface area contributed by atoms with Gasteiger partial charge in [0.05, 0.1) is 4.92 Å². The van der Waals surface area contributed by atoms with E-state index in [-0.39, 0.29) is 10.6 Å². The van der Waals surface area contributed by atoms with E-state index in [1.54, 1.807) is 6.08 Å². The Labute approximate surface area is 99.1 Å². The van der Waals surface area contributed by atoms with Crippen LogP contribution >= 0.6 is 0 Å². The van der Waals surface area contributed by atoms with Gasteiger partial charge in [0, 0.05) is 29.6 Å². The van der Waals surface area contributed by atoms with Gasteiger partial charge in [0.2, 0.25) is 5.70 Å². The number of nitrogens with one attached hydrogen (secondary N) is 1. The van der Waals surface area contributed by atoms with E-state index in [0.717, 1.165) is 22.9 Å². The summed E-state index contributed by atoms with van der Waals surface area (Å²) >= 11 is 0. The second kappa shape index (κ2) is 4.82. The number of fused-ring (bicyclic) bond motifs is 1. The molecule has 0 radical (unpaired) electrons. The number of H-pyrrole nitrogens is 1. The maximum atomic E-state index is 10.9. The third kappa shape index (κ3) is 2.36. The highest BCUT2D eigenvalue weighted by Gasteiger charge is 2.10. The number of nitro groups is 1. The standard InChI is InChI=1S/C13H14N2O2/c1-2-4-11(15(16)17)9-10-5-3-6-13-12(10)7-8-14-13/h3,5-9,14H,2,4H2,1H3/b11-9-. The average Bonchev–Trinajstić information content (AvgIpc) is 2.77. The Morgan fingerprint density at radius 2 is 2.29 bits per heavy atom. The Morgan fingerprint density at radius 1 is 1.47 bits per heavy atom. The molecule has 0 unspecified atom stereocenters. The summed E-state index contributed by atoms with van der Waals surface area (Å²) in [6, 6.07) is 7.69. The SMILES string of the molecule is CCC/C(=C/c1cccc2[nH]ccc12)[N+](=O)[O-]. The quantitative estimate of drug-likeness (QED) is 0.644. The second-order valence-electron chi connectivity index (χ2n) is 3.93. The molecule has 0 amide bonds. The van der Waals surface area contributed by atoms with Gasteiger partial charge in [-0.1, -0.05) is 19.1 Å². The normalized spacial score (nSPS) is 11.9. The van der Waals surface area contributed by atoms with Crippen molar-refractivity contribution >= 4 is 17.0 Å². The molecule has 1 N–H and O–H groups in total. The molecule has 0 bridgehead atoms. The molecule has 1 heterocycles. The van der Waals surface area contributed by atoms with Crippen molar-refractivity contribution in [3.63, 3.8) is 0 Å². The van der Waals surface area contributed by atoms with Crippen LogP contribution < -0.4 is 0 Å². The first-order valence-electron chi connectivity index (χ1n) is 5.63. The van der Waals surface area contributed by atoms with Crippen molar-refractivity contribution in [3.05, 3.63) is 51.8 Å². The Hall–Kier alpha value is -2.10. The zero-order valence-electron chi connectivity index (χ0n) is 9.64. The highest BCUT2D eigenvalue weighted by molar-refractivity contribution is 5.88. The van der Waals surface area contributed by atoms with Crippen molar-refractivity contribution in [2.45, 2.75) is 19.8 Å². The molecular formula is C13H14N2O2. The van der Waals surface area contributed by atoms with E-state index in [4.69, 9.17) is 0 Å². The minimum absolute atomic E-state index is 0.265. The van der Waals surface area contributed by atoms with E-state index in [1.165, 1.54) is 0 Å². The number of hydrogen-bond acceptors (Lipinski definition) is 2. The molecule has 0 aliphatic carbocycles. The van der Waals surface area contributed by atoms with Gasteiger partial charge < -0.3 is 4.98 Å². The summed E-state index contributed by atoms with van der Waals surface area (Å²) in [7, 11) is 0. The fraction of sp³-hybridized carbons (Fsp3) is 0.231. The zero-order valence-corrected chi connectivity index (χ0v) is 9.64. The number of nitrogens with zero attached hydrogens (tertiary/aromatic N) is 1. The Bertz CT molecular complexity index is 570. The minimum Gasteiger partial charge on any atom is -0.361 e. The summed E-state index contributed by atoms with van der Waals surface area (Å²) in [6.45, 7) is 1.94. The van der Waals surface area contributed by atoms with Crippen LogP contribution in [0.4, 0.5) is 0 Å². The Morgan fingerprint density at radius 3 is 3.00 bits per heavy atom. The van der Waals surface area contributed by atoms with Crippen LogP contribution in [0.2, 0.25) is 0 Å². The van der Waals surface area contributed by atoms with E-state index in [1.807, 2.05) is 37.4 Å². The van der Waals surface area contributed by atoms with Crippen LogP contribution in [0.15, 0.2) is 36.2 Å². The fourth-order valence-corrected chi connectivity index (χ4v) is 1.89. The molecule has 0 spiro atoms. The lowest BCUT2D eigenvalue weighted by Crippen LogP contribution is -1.97. The minimum atomic E-state index is -0.297.